The molecule has 0 aliphatic carbocycles. The molecule has 1 amide bonds. The summed E-state index contributed by atoms with van der Waals surface area (Å²) in [6.07, 6.45) is 1.82. The number of nitrogens with one attached hydrogen (secondary N) is 2. The molecule has 29 heavy (non-hydrogen) atoms. The lowest BCUT2D eigenvalue weighted by atomic mass is 9.95. The molecular weight excluding hydrogens is 365 g/mol. The Bertz CT molecular complexity index is 1040. The summed E-state index contributed by atoms with van der Waals surface area (Å²) in [5, 5.41) is 7.18. The minimum absolute atomic E-state index is 0.100. The van der Waals surface area contributed by atoms with Gasteiger partial charge >= 0.3 is 0 Å². The monoisotopic (exact) mass is 389 g/mol. The molecule has 0 saturated carbocycles. The van der Waals surface area contributed by atoms with E-state index in [-0.39, 0.29) is 5.91 Å². The molecule has 0 unspecified atom stereocenters. The largest absolute Gasteiger partial charge is 0.379 e. The third kappa shape index (κ3) is 5.10. The Morgan fingerprint density at radius 3 is 2.76 bits per heavy atom. The Morgan fingerprint density at radius 2 is 1.97 bits per heavy atom. The highest BCUT2D eigenvalue weighted by Crippen LogP contribution is 2.23. The van der Waals surface area contributed by atoms with Crippen LogP contribution in [0.4, 0.5) is 17.3 Å². The second-order valence-corrected chi connectivity index (χ2v) is 7.37. The zero-order valence-corrected chi connectivity index (χ0v) is 16.7. The molecule has 1 fully saturated rings. The summed E-state index contributed by atoms with van der Waals surface area (Å²) < 4.78 is 5.43. The summed E-state index contributed by atoms with van der Waals surface area (Å²) in [5.74, 6) is 0.426. The smallest absolute Gasteiger partial charge is 0.227 e. The van der Waals surface area contributed by atoms with Gasteiger partial charge in [-0.05, 0) is 29.8 Å². The predicted molar refractivity (Wildman–Crippen MR) is 118 cm³/mol. The SMILES string of the molecule is Bc1ccc2nc(Nc3cc(CN4CCOCC4)cc(NC(C)=O)c3)ncc2c1. The summed E-state index contributed by atoms with van der Waals surface area (Å²) in [6.45, 7) is 5.61. The maximum atomic E-state index is 11.6. The molecule has 3 aromatic rings. The second kappa shape index (κ2) is 8.59. The van der Waals surface area contributed by atoms with E-state index in [1.165, 1.54) is 12.4 Å². The van der Waals surface area contributed by atoms with Gasteiger partial charge in [-0.15, -0.1) is 0 Å². The Labute approximate surface area is 170 Å². The lowest BCUT2D eigenvalue weighted by Crippen LogP contribution is -2.35. The van der Waals surface area contributed by atoms with Crippen LogP contribution in [0.3, 0.4) is 0 Å². The van der Waals surface area contributed by atoms with Crippen molar-refractivity contribution in [2.24, 2.45) is 0 Å². The highest BCUT2D eigenvalue weighted by atomic mass is 16.5. The Hall–Kier alpha value is -2.97. The van der Waals surface area contributed by atoms with Crippen molar-refractivity contribution < 1.29 is 9.53 Å². The number of fused-ring (bicyclic) bond motifs is 1. The van der Waals surface area contributed by atoms with E-state index in [1.807, 2.05) is 30.5 Å². The molecule has 1 aliphatic heterocycles. The van der Waals surface area contributed by atoms with Crippen LogP contribution in [-0.4, -0.2) is 54.9 Å². The molecule has 2 heterocycles. The Balaban J connectivity index is 1.60. The molecule has 4 rings (SSSR count). The van der Waals surface area contributed by atoms with E-state index < -0.39 is 0 Å². The lowest BCUT2D eigenvalue weighted by molar-refractivity contribution is -0.114. The van der Waals surface area contributed by atoms with Gasteiger partial charge in [-0.25, -0.2) is 9.97 Å². The first kappa shape index (κ1) is 19.4. The number of hydrogen-bond donors (Lipinski definition) is 2. The number of rotatable bonds is 5. The number of carbonyl (C=O) groups is 1. The average Bonchev–Trinajstić information content (AvgIpc) is 2.68. The molecular formula is C21H24BN5O2. The van der Waals surface area contributed by atoms with E-state index in [1.54, 1.807) is 0 Å². The molecule has 0 bridgehead atoms. The first-order chi connectivity index (χ1) is 14.0. The molecule has 0 spiro atoms. The number of carbonyl (C=O) groups excluding carboxylic acids is 1. The molecule has 1 aromatic heterocycles. The van der Waals surface area contributed by atoms with Gasteiger partial charge < -0.3 is 15.4 Å². The van der Waals surface area contributed by atoms with Crippen LogP contribution in [0.5, 0.6) is 0 Å². The molecule has 8 heteroatoms. The molecule has 2 aromatic carbocycles. The van der Waals surface area contributed by atoms with Gasteiger partial charge in [-0.2, -0.15) is 0 Å². The molecule has 0 atom stereocenters. The fourth-order valence-electron chi connectivity index (χ4n) is 3.49. The topological polar surface area (TPSA) is 79.4 Å². The van der Waals surface area contributed by atoms with Crippen molar-refractivity contribution in [1.82, 2.24) is 14.9 Å². The first-order valence-electron chi connectivity index (χ1n) is 9.77. The van der Waals surface area contributed by atoms with Crippen LogP contribution in [0.2, 0.25) is 0 Å². The van der Waals surface area contributed by atoms with Gasteiger partial charge in [-0.1, -0.05) is 17.6 Å². The molecule has 0 radical (unpaired) electrons. The van der Waals surface area contributed by atoms with E-state index in [0.717, 1.165) is 60.7 Å². The number of hydrogen-bond acceptors (Lipinski definition) is 6. The summed E-state index contributed by atoms with van der Waals surface area (Å²) in [6, 6.07) is 12.1. The quantitative estimate of drug-likeness (QED) is 0.643. The molecule has 2 N–H and O–H groups in total. The number of ether oxygens (including phenoxy) is 1. The summed E-state index contributed by atoms with van der Waals surface area (Å²) in [4.78, 5) is 23.0. The van der Waals surface area contributed by atoms with E-state index in [9.17, 15) is 4.79 Å². The highest BCUT2D eigenvalue weighted by molar-refractivity contribution is 6.33. The maximum Gasteiger partial charge on any atom is 0.227 e. The lowest BCUT2D eigenvalue weighted by Gasteiger charge is -2.27. The van der Waals surface area contributed by atoms with Crippen LogP contribution < -0.4 is 16.1 Å². The third-order valence-electron chi connectivity index (χ3n) is 4.81. The Morgan fingerprint density at radius 1 is 1.17 bits per heavy atom. The summed E-state index contributed by atoms with van der Waals surface area (Å²) >= 11 is 0. The van der Waals surface area contributed by atoms with Crippen molar-refractivity contribution in [3.63, 3.8) is 0 Å². The van der Waals surface area contributed by atoms with Gasteiger partial charge in [-0.3, -0.25) is 9.69 Å². The van der Waals surface area contributed by atoms with Gasteiger partial charge in [0.25, 0.3) is 0 Å². The number of anilines is 3. The minimum atomic E-state index is -0.100. The summed E-state index contributed by atoms with van der Waals surface area (Å²) in [7, 11) is 2.05. The van der Waals surface area contributed by atoms with E-state index in [0.29, 0.717) is 5.95 Å². The van der Waals surface area contributed by atoms with Crippen molar-refractivity contribution in [1.29, 1.82) is 0 Å². The van der Waals surface area contributed by atoms with Crippen molar-refractivity contribution in [2.75, 3.05) is 36.9 Å². The fraction of sp³-hybridized carbons (Fsp3) is 0.286. The van der Waals surface area contributed by atoms with Crippen LogP contribution in [0, 0.1) is 0 Å². The van der Waals surface area contributed by atoms with E-state index >= 15 is 0 Å². The predicted octanol–water partition coefficient (Wildman–Crippen LogP) is 1.42. The number of morpholine rings is 1. The molecule has 7 nitrogen and oxygen atoms in total. The van der Waals surface area contributed by atoms with Crippen LogP contribution >= 0.6 is 0 Å². The van der Waals surface area contributed by atoms with Gasteiger partial charge in [0.05, 0.1) is 18.7 Å². The van der Waals surface area contributed by atoms with Gasteiger partial charge in [0.15, 0.2) is 0 Å². The number of amides is 1. The van der Waals surface area contributed by atoms with Crippen LogP contribution in [0.25, 0.3) is 10.9 Å². The zero-order chi connectivity index (χ0) is 20.2. The highest BCUT2D eigenvalue weighted by Gasteiger charge is 2.12. The molecule has 1 saturated heterocycles. The van der Waals surface area contributed by atoms with E-state index in [2.05, 4.69) is 45.5 Å². The summed E-state index contributed by atoms with van der Waals surface area (Å²) in [5.41, 5.74) is 4.77. The van der Waals surface area contributed by atoms with Gasteiger partial charge in [0.1, 0.15) is 7.85 Å². The fourth-order valence-corrected chi connectivity index (χ4v) is 3.49. The first-order valence-corrected chi connectivity index (χ1v) is 9.77. The van der Waals surface area contributed by atoms with Crippen LogP contribution in [0.1, 0.15) is 12.5 Å². The standard InChI is InChI=1S/C21H24BN5O2/c1-14(28)24-18-8-15(13-27-4-6-29-7-5-27)9-19(11-18)25-21-23-12-16-10-17(22)2-3-20(16)26-21/h2-3,8-12H,4-7,13,22H2,1H3,(H,24,28)(H,23,25,26). The molecule has 1 aliphatic rings. The van der Waals surface area contributed by atoms with Crippen LogP contribution in [0.15, 0.2) is 42.6 Å². The van der Waals surface area contributed by atoms with Crippen molar-refractivity contribution in [3.05, 3.63) is 48.2 Å². The zero-order valence-electron chi connectivity index (χ0n) is 16.7. The second-order valence-electron chi connectivity index (χ2n) is 7.37. The van der Waals surface area contributed by atoms with E-state index in [4.69, 9.17) is 4.74 Å². The maximum absolute atomic E-state index is 11.6. The van der Waals surface area contributed by atoms with Crippen LogP contribution in [-0.2, 0) is 16.1 Å². The third-order valence-corrected chi connectivity index (χ3v) is 4.81. The van der Waals surface area contributed by atoms with Crippen molar-refractivity contribution in [2.45, 2.75) is 13.5 Å². The number of nitrogens with zero attached hydrogens (tertiary/aromatic N) is 3. The van der Waals surface area contributed by atoms with Crippen molar-refractivity contribution >= 4 is 47.4 Å². The van der Waals surface area contributed by atoms with Gasteiger partial charge in [0.2, 0.25) is 11.9 Å². The molecule has 148 valence electrons. The number of benzene rings is 2. The van der Waals surface area contributed by atoms with Gasteiger partial charge in [0, 0.05) is 49.5 Å². The van der Waals surface area contributed by atoms with Crippen molar-refractivity contribution in [3.8, 4) is 0 Å². The Kier molecular flexibility index (Phi) is 5.73. The minimum Gasteiger partial charge on any atom is -0.379 e. The number of aromatic nitrogens is 2. The normalized spacial score (nSPS) is 14.7. The average molecular weight is 389 g/mol.